The van der Waals surface area contributed by atoms with Crippen molar-refractivity contribution in [1.82, 2.24) is 4.90 Å². The Bertz CT molecular complexity index is 312. The number of thiophene rings is 1. The predicted octanol–water partition coefficient (Wildman–Crippen LogP) is 2.62. The molecule has 78 valence electrons. The van der Waals surface area contributed by atoms with Gasteiger partial charge in [-0.05, 0) is 33.9 Å². The molecule has 2 N–H and O–H groups in total. The Hall–Kier alpha value is 0.0300. The van der Waals surface area contributed by atoms with Crippen molar-refractivity contribution < 1.29 is 0 Å². The number of hydrogen-bond acceptors (Lipinski definition) is 3. The molecule has 0 unspecified atom stereocenters. The fourth-order valence-corrected chi connectivity index (χ4v) is 2.84. The van der Waals surface area contributed by atoms with Gasteiger partial charge < -0.3 is 5.73 Å². The van der Waals surface area contributed by atoms with Gasteiger partial charge in [0.05, 0.1) is 4.99 Å². The van der Waals surface area contributed by atoms with Gasteiger partial charge in [-0.3, -0.25) is 4.90 Å². The molecule has 0 bridgehead atoms. The Kier molecular flexibility index (Phi) is 5.01. The second-order valence-corrected chi connectivity index (χ2v) is 5.34. The summed E-state index contributed by atoms with van der Waals surface area (Å²) in [6.45, 7) is 4.67. The number of thiocarbonyl (C=S) groups is 1. The lowest BCUT2D eigenvalue weighted by molar-refractivity contribution is 0.323. The molecule has 0 fully saturated rings. The highest BCUT2D eigenvalue weighted by Gasteiger charge is 2.08. The molecule has 0 aliphatic carbocycles. The first-order valence-corrected chi connectivity index (χ1v) is 6.44. The predicted molar refractivity (Wildman–Crippen MR) is 69.8 cm³/mol. The minimum absolute atomic E-state index is 0.555. The molecular weight excluding hydrogens is 280 g/mol. The van der Waals surface area contributed by atoms with Gasteiger partial charge in [0.1, 0.15) is 0 Å². The van der Waals surface area contributed by atoms with E-state index in [2.05, 4.69) is 39.2 Å². The van der Waals surface area contributed by atoms with Gasteiger partial charge in [0.15, 0.2) is 0 Å². The summed E-state index contributed by atoms with van der Waals surface area (Å²) in [4.78, 5) is 4.10. The quantitative estimate of drug-likeness (QED) is 0.846. The van der Waals surface area contributed by atoms with E-state index in [1.807, 2.05) is 0 Å². The Balaban J connectivity index is 2.57. The number of likely N-dealkylation sites (N-methyl/N-ethyl adjacent to an activating group) is 1. The van der Waals surface area contributed by atoms with Gasteiger partial charge in [-0.2, -0.15) is 0 Å². The Labute approximate surface area is 102 Å². The topological polar surface area (TPSA) is 29.3 Å². The van der Waals surface area contributed by atoms with E-state index < -0.39 is 0 Å². The van der Waals surface area contributed by atoms with Crippen molar-refractivity contribution in [2.24, 2.45) is 5.73 Å². The van der Waals surface area contributed by atoms with Crippen LogP contribution in [0.4, 0.5) is 0 Å². The largest absolute Gasteiger partial charge is 0.392 e. The van der Waals surface area contributed by atoms with E-state index in [1.165, 1.54) is 9.35 Å². The van der Waals surface area contributed by atoms with E-state index in [9.17, 15) is 0 Å². The lowest BCUT2D eigenvalue weighted by Gasteiger charge is -2.18. The van der Waals surface area contributed by atoms with Crippen molar-refractivity contribution in [1.29, 1.82) is 0 Å². The van der Waals surface area contributed by atoms with Crippen LogP contribution in [0.3, 0.4) is 0 Å². The van der Waals surface area contributed by atoms with E-state index in [4.69, 9.17) is 18.0 Å². The Morgan fingerprint density at radius 2 is 2.43 bits per heavy atom. The Morgan fingerprint density at radius 3 is 2.86 bits per heavy atom. The first-order valence-electron chi connectivity index (χ1n) is 4.36. The van der Waals surface area contributed by atoms with Crippen LogP contribution >= 0.6 is 39.5 Å². The molecule has 0 aliphatic heterocycles. The highest BCUT2D eigenvalue weighted by atomic mass is 79.9. The first kappa shape index (κ1) is 12.1. The fraction of sp³-hybridized carbons (Fsp3) is 0.444. The van der Waals surface area contributed by atoms with Crippen LogP contribution in [0.1, 0.15) is 11.8 Å². The molecule has 0 saturated carbocycles. The maximum absolute atomic E-state index is 5.52. The van der Waals surface area contributed by atoms with Crippen LogP contribution in [0.15, 0.2) is 15.9 Å². The zero-order valence-electron chi connectivity index (χ0n) is 8.00. The summed E-state index contributed by atoms with van der Waals surface area (Å²) in [5.41, 5.74) is 5.52. The number of hydrogen-bond donors (Lipinski definition) is 1. The fourth-order valence-electron chi connectivity index (χ4n) is 1.14. The van der Waals surface area contributed by atoms with E-state index in [0.29, 0.717) is 11.5 Å². The number of nitrogens with two attached hydrogens (primary N) is 1. The molecule has 2 nitrogen and oxygen atoms in total. The third-order valence-electron chi connectivity index (χ3n) is 1.88. The lowest BCUT2D eigenvalue weighted by Crippen LogP contribution is -2.31. The maximum atomic E-state index is 5.52. The molecule has 1 aromatic rings. The summed E-state index contributed by atoms with van der Waals surface area (Å²) >= 11 is 10.2. The zero-order valence-corrected chi connectivity index (χ0v) is 11.2. The van der Waals surface area contributed by atoms with Gasteiger partial charge in [0.25, 0.3) is 0 Å². The van der Waals surface area contributed by atoms with Crippen LogP contribution in [-0.4, -0.2) is 23.0 Å². The molecule has 0 atom stereocenters. The normalized spacial score (nSPS) is 10.8. The summed E-state index contributed by atoms with van der Waals surface area (Å²) < 4.78 is 1.17. The van der Waals surface area contributed by atoms with Crippen LogP contribution in [0.5, 0.6) is 0 Å². The van der Waals surface area contributed by atoms with Crippen molar-refractivity contribution in [2.45, 2.75) is 13.5 Å². The molecule has 0 aliphatic rings. The minimum Gasteiger partial charge on any atom is -0.392 e. The third-order valence-corrected chi connectivity index (χ3v) is 3.93. The van der Waals surface area contributed by atoms with E-state index in [-0.39, 0.29) is 0 Å². The van der Waals surface area contributed by atoms with Crippen LogP contribution in [0.2, 0.25) is 0 Å². The van der Waals surface area contributed by atoms with Gasteiger partial charge in [0.2, 0.25) is 0 Å². The van der Waals surface area contributed by atoms with Crippen molar-refractivity contribution in [3.8, 4) is 0 Å². The van der Waals surface area contributed by atoms with Crippen LogP contribution < -0.4 is 5.73 Å². The van der Waals surface area contributed by atoms with Crippen LogP contribution in [0.25, 0.3) is 0 Å². The summed E-state index contributed by atoms with van der Waals surface area (Å²) in [7, 11) is 0. The summed E-state index contributed by atoms with van der Waals surface area (Å²) in [5, 5.41) is 2.08. The van der Waals surface area contributed by atoms with Crippen molar-refractivity contribution in [3.63, 3.8) is 0 Å². The smallest absolute Gasteiger partial charge is 0.0870 e. The standard InChI is InChI=1S/C9H13BrN2S2/c1-2-12(6-9(11)13)5-8-7(10)3-4-14-8/h3-4H,2,5-6H2,1H3,(H2,11,13). The van der Waals surface area contributed by atoms with Crippen molar-refractivity contribution in [3.05, 3.63) is 20.8 Å². The van der Waals surface area contributed by atoms with Gasteiger partial charge >= 0.3 is 0 Å². The average molecular weight is 293 g/mol. The van der Waals surface area contributed by atoms with Crippen LogP contribution in [-0.2, 0) is 6.54 Å². The van der Waals surface area contributed by atoms with Gasteiger partial charge in [-0.25, -0.2) is 0 Å². The molecule has 0 amide bonds. The highest BCUT2D eigenvalue weighted by molar-refractivity contribution is 9.10. The molecule has 1 heterocycles. The molecule has 1 aromatic heterocycles. The van der Waals surface area contributed by atoms with Crippen LogP contribution in [0, 0.1) is 0 Å². The van der Waals surface area contributed by atoms with E-state index in [0.717, 1.165) is 13.1 Å². The molecule has 0 spiro atoms. The average Bonchev–Trinajstić information content (AvgIpc) is 2.50. The number of halogens is 1. The van der Waals surface area contributed by atoms with Crippen molar-refractivity contribution in [2.75, 3.05) is 13.1 Å². The van der Waals surface area contributed by atoms with E-state index in [1.54, 1.807) is 11.3 Å². The zero-order chi connectivity index (χ0) is 10.6. The minimum atomic E-state index is 0.555. The van der Waals surface area contributed by atoms with Gasteiger partial charge in [-0.1, -0.05) is 19.1 Å². The Morgan fingerprint density at radius 1 is 1.71 bits per heavy atom. The number of nitrogens with zero attached hydrogens (tertiary/aromatic N) is 1. The molecule has 14 heavy (non-hydrogen) atoms. The van der Waals surface area contributed by atoms with E-state index >= 15 is 0 Å². The number of rotatable bonds is 5. The molecule has 5 heteroatoms. The molecule has 1 rings (SSSR count). The molecule has 0 saturated heterocycles. The van der Waals surface area contributed by atoms with Gasteiger partial charge in [0, 0.05) is 22.4 Å². The van der Waals surface area contributed by atoms with Crippen molar-refractivity contribution >= 4 is 44.5 Å². The molecule has 0 radical (unpaired) electrons. The first-order chi connectivity index (χ1) is 6.63. The van der Waals surface area contributed by atoms with Gasteiger partial charge in [-0.15, -0.1) is 11.3 Å². The molecular formula is C9H13BrN2S2. The third kappa shape index (κ3) is 3.65. The summed E-state index contributed by atoms with van der Waals surface area (Å²) in [6.07, 6.45) is 0. The second-order valence-electron chi connectivity index (χ2n) is 2.96. The molecule has 0 aromatic carbocycles. The second kappa shape index (κ2) is 5.80. The maximum Gasteiger partial charge on any atom is 0.0870 e. The lowest BCUT2D eigenvalue weighted by atomic mass is 10.4. The summed E-state index contributed by atoms with van der Waals surface area (Å²) in [5.74, 6) is 0. The monoisotopic (exact) mass is 292 g/mol. The summed E-state index contributed by atoms with van der Waals surface area (Å²) in [6, 6.07) is 2.06. The SMILES string of the molecule is CCN(CC(N)=S)Cc1sccc1Br. The highest BCUT2D eigenvalue weighted by Crippen LogP contribution is 2.23.